The summed E-state index contributed by atoms with van der Waals surface area (Å²) in [4.78, 5) is 84.4. The lowest BCUT2D eigenvalue weighted by Crippen LogP contribution is -2.53. The Kier molecular flexibility index (Phi) is 87.5. The first-order valence-corrected chi connectivity index (χ1v) is 44.0. The number of methoxy groups -OCH3 is 3. The number of esters is 3. The fourth-order valence-corrected chi connectivity index (χ4v) is 10.2. The first-order chi connectivity index (χ1) is 67.5. The highest BCUT2D eigenvalue weighted by Gasteiger charge is 2.76. The van der Waals surface area contributed by atoms with Crippen molar-refractivity contribution in [3.05, 3.63) is 0 Å². The maximum absolute atomic E-state index is 13.4. The Hall–Kier alpha value is -7.16. The minimum absolute atomic E-state index is 0. The molecule has 0 aromatic heterocycles. The zero-order valence-electron chi connectivity index (χ0n) is 79.3. The molecule has 0 bridgehead atoms. The van der Waals surface area contributed by atoms with Crippen LogP contribution in [0.5, 0.6) is 0 Å². The number of amides is 3. The van der Waals surface area contributed by atoms with E-state index in [1.807, 2.05) is 0 Å². The number of rotatable bonds is 59. The molecule has 23 N–H and O–H groups in total. The number of unbranched alkanes of at least 4 members (excludes halogenated alkanes) is 10. The average Bonchev–Trinajstić information content (AvgIpc) is 0.801. The minimum atomic E-state index is -6.05. The molecule has 0 fully saturated rings. The van der Waals surface area contributed by atoms with Gasteiger partial charge in [-0.2, -0.15) is 158 Å². The van der Waals surface area contributed by atoms with Gasteiger partial charge in [-0.05, 0) is 103 Å². The lowest BCUT2D eigenvalue weighted by molar-refractivity contribution is -0.344. The highest BCUT2D eigenvalue weighted by atomic mass is 35.5. The Balaban J connectivity index is -0.000000191. The van der Waals surface area contributed by atoms with Gasteiger partial charge in [-0.1, -0.05) is 39.5 Å². The van der Waals surface area contributed by atoms with Crippen molar-refractivity contribution in [2.75, 3.05) is 145 Å². The lowest BCUT2D eigenvalue weighted by Gasteiger charge is -2.29. The van der Waals surface area contributed by atoms with Crippen LogP contribution in [0.3, 0.4) is 0 Å². The summed E-state index contributed by atoms with van der Waals surface area (Å²) in [5.74, 6) is 15.9. The topological polar surface area (TPSA) is 479 Å². The number of halogens is 44. The Morgan fingerprint density at radius 2 is 0.473 bits per heavy atom. The number of carbonyl (C=O) groups is 8. The molecule has 150 heavy (non-hydrogen) atoms. The van der Waals surface area contributed by atoms with Crippen molar-refractivity contribution in [3.8, 4) is 0 Å². The van der Waals surface area contributed by atoms with E-state index < -0.39 is 233 Å². The molecule has 904 valence electrons. The molecule has 0 rings (SSSR count). The van der Waals surface area contributed by atoms with Crippen molar-refractivity contribution in [2.45, 2.75) is 289 Å². The fourth-order valence-electron chi connectivity index (χ4n) is 10.1. The number of ether oxygens (including phenoxy) is 3. The second kappa shape index (κ2) is 80.6. The Morgan fingerprint density at radius 1 is 0.287 bits per heavy atom. The molecule has 0 aliphatic carbocycles. The van der Waals surface area contributed by atoms with E-state index in [1.54, 1.807) is 0 Å². The number of nitrogens with two attached hydrogens (primary N) is 5. The van der Waals surface area contributed by atoms with Gasteiger partial charge in [0.05, 0.1) is 21.3 Å². The van der Waals surface area contributed by atoms with E-state index in [1.165, 1.54) is 7.11 Å². The van der Waals surface area contributed by atoms with Gasteiger partial charge in [0.25, 0.3) is 34.0 Å². The number of aliphatic carboxylic acids is 1. The zero-order valence-corrected chi connectivity index (χ0v) is 80.8. The number of aliphatic hydroxyl groups excluding tert-OH is 1. The molecule has 0 saturated carbocycles. The molecular formula is C76H128Cl2F42N16O14. The molecule has 0 aromatic rings. The van der Waals surface area contributed by atoms with Gasteiger partial charge in [0.2, 0.25) is 17.7 Å². The Labute approximate surface area is 842 Å². The molecule has 74 heteroatoms. The van der Waals surface area contributed by atoms with Crippen molar-refractivity contribution < 1.29 is 252 Å². The van der Waals surface area contributed by atoms with E-state index in [2.05, 4.69) is 79.3 Å². The number of carboxylic acids is 1. The third kappa shape index (κ3) is 74.1. The van der Waals surface area contributed by atoms with Crippen LogP contribution in [-0.4, -0.2) is 321 Å². The second-order valence-corrected chi connectivity index (χ2v) is 30.8. The summed E-state index contributed by atoms with van der Waals surface area (Å²) >= 11 is 9.10. The van der Waals surface area contributed by atoms with Crippen LogP contribution in [0.15, 0.2) is 0 Å². The highest BCUT2D eigenvalue weighted by molar-refractivity contribution is 6.60. The summed E-state index contributed by atoms with van der Waals surface area (Å²) in [5, 5.41) is 44.0. The first-order valence-electron chi connectivity index (χ1n) is 43.1. The molecule has 0 aliphatic rings. The van der Waals surface area contributed by atoms with Crippen LogP contribution in [0.25, 0.3) is 0 Å². The maximum atomic E-state index is 13.4. The molecule has 0 unspecified atom stereocenters. The summed E-state index contributed by atoms with van der Waals surface area (Å²) in [6.07, 6.45) is -87.2. The van der Waals surface area contributed by atoms with E-state index in [9.17, 15) is 218 Å². The monoisotopic (exact) mass is 2360 g/mol. The first kappa shape index (κ1) is 163. The lowest BCUT2D eigenvalue weighted by atomic mass is 9.96. The van der Waals surface area contributed by atoms with Crippen molar-refractivity contribution in [3.63, 3.8) is 0 Å². The largest absolute Gasteiger partial charge is 0.480 e. The van der Waals surface area contributed by atoms with Crippen LogP contribution in [-0.2, 0) is 47.8 Å². The van der Waals surface area contributed by atoms with Gasteiger partial charge in [0, 0.05) is 161 Å². The summed E-state index contributed by atoms with van der Waals surface area (Å²) in [7, 11) is 3.42. The molecule has 0 aliphatic heterocycles. The van der Waals surface area contributed by atoms with Crippen LogP contribution in [0.4, 0.5) is 189 Å². The fraction of sp³-hybridized carbons (Fsp3) is 0.895. The molecular weight excluding hydrogens is 2230 g/mol. The second-order valence-electron chi connectivity index (χ2n) is 30.1. The van der Waals surface area contributed by atoms with Crippen LogP contribution >= 0.6 is 23.2 Å². The highest BCUT2D eigenvalue weighted by Crippen LogP contribution is 2.55. The van der Waals surface area contributed by atoms with E-state index in [0.717, 1.165) is 38.9 Å². The number of aliphatic hydroxyl groups is 1. The predicted molar refractivity (Wildman–Crippen MR) is 454 cm³/mol. The van der Waals surface area contributed by atoms with E-state index in [4.69, 9.17) is 60.8 Å². The average molecular weight is 2360 g/mol. The maximum Gasteiger partial charge on any atom is 0.431 e. The SMILES string of the molecule is C.COC(=O)CCCCCC(F)(C(F)(F)F)C(F)(F)F.COC(=O)CCCCCC(F)(C(F)(F)F)C(F)(F)F.COC(=O)CO.FC(F)(F)C(F)(CCCCl)C(F)(F)F.NCCNCCNN.NN(CCNCCNC(=O)CCCCCC(F)(C(F)(F)F)C(F)(F)F)CC(=O)O.NNCCNCCNC(=O)CCCCCC(F)(C(F)(F)F)C(F)(F)F.NNCCNCCNC(=O)CCCCCC(F)(C(F)(F)F)C(F)(F)F.O=C(O)Cl. The number of nitrogens with zero attached hydrogens (tertiary/aromatic N) is 1. The van der Waals surface area contributed by atoms with Crippen molar-refractivity contribution in [1.82, 2.24) is 58.5 Å². The number of hydrazine groups is 4. The van der Waals surface area contributed by atoms with Crippen molar-refractivity contribution in [1.29, 1.82) is 0 Å². The number of carbonyl (C=O) groups excluding carboxylic acids is 6. The molecule has 0 aromatic carbocycles. The van der Waals surface area contributed by atoms with Gasteiger partial charge in [0.15, 0.2) is 0 Å². The standard InChI is InChI=1S/C15H25F7N4O3.2C13H23F7N4O.2C10H13F7O2.C6H6ClF7.C4H14N4.C3H6O3.CHClO2.CH4/c16-13(14(17,18)19,15(20,21)22)5-3-1-2-4-11(27)25-7-6-24-8-9-26(23)10-12(28)29;2*14-11(12(15,16)17,13(18,19)20)5-3-1-2-4-10(25)23-8-6-22-7-9-24-21;2*1-19-7(18)5-3-2-4-6-8(11,9(12,13)14)10(15,16)17;7-3-1-2-4(8,5(9,10)11)6(12,13)14;5-1-2-7-3-4-8-6;1-6-3(5)2-4;2-1(3)4;/h24H,1-10,23H2,(H,25,27)(H,28,29);2*22,24H,1-9,21H2,(H,23,25);2*2-6H2,1H3;1-3H2;7-8H,1-6H2;4H,2H2,1H3;(H,3,4);1H4. The van der Waals surface area contributed by atoms with Gasteiger partial charge in [-0.3, -0.25) is 68.4 Å². The number of hydrogen-bond acceptors (Lipinski definition) is 25. The molecule has 30 nitrogen and oxygen atoms in total. The zero-order chi connectivity index (χ0) is 119. The summed E-state index contributed by atoms with van der Waals surface area (Å²) in [5.41, 5.74) is -20.1. The number of hydrogen-bond donors (Lipinski definition) is 18. The van der Waals surface area contributed by atoms with E-state index in [0.29, 0.717) is 72.0 Å². The molecule has 0 atom stereocenters. The number of carboxylic acid groups (broad SMARTS) is 2. The third-order valence-electron chi connectivity index (χ3n) is 18.4. The van der Waals surface area contributed by atoms with Crippen LogP contribution < -0.4 is 82.6 Å². The van der Waals surface area contributed by atoms with Crippen molar-refractivity contribution in [2.24, 2.45) is 29.1 Å². The van der Waals surface area contributed by atoms with Gasteiger partial charge in [-0.15, -0.1) is 11.6 Å². The van der Waals surface area contributed by atoms with Gasteiger partial charge in [0.1, 0.15) is 13.2 Å². The summed E-state index contributed by atoms with van der Waals surface area (Å²) in [6, 6.07) is 0. The Morgan fingerprint density at radius 3 is 0.640 bits per heavy atom. The third-order valence-corrected chi connectivity index (χ3v) is 18.7. The number of nitrogens with one attached hydrogen (secondary N) is 10. The summed E-state index contributed by atoms with van der Waals surface area (Å²) in [6.45, 7) is 7.40. The summed E-state index contributed by atoms with van der Waals surface area (Å²) < 4.78 is 530. The molecule has 0 radical (unpaired) electrons. The predicted octanol–water partition coefficient (Wildman–Crippen LogP) is 16.0. The molecule has 3 amide bonds. The molecule has 0 heterocycles. The quantitative estimate of drug-likeness (QED) is 0.00393. The van der Waals surface area contributed by atoms with E-state index >= 15 is 0 Å². The van der Waals surface area contributed by atoms with E-state index in [-0.39, 0.29) is 135 Å². The van der Waals surface area contributed by atoms with Crippen molar-refractivity contribution >= 4 is 70.2 Å². The van der Waals surface area contributed by atoms with Gasteiger partial charge >= 0.3 is 103 Å². The van der Waals surface area contributed by atoms with Crippen LogP contribution in [0.2, 0.25) is 0 Å². The van der Waals surface area contributed by atoms with Gasteiger partial charge < -0.3 is 72.5 Å². The number of alkyl halides is 43. The minimum Gasteiger partial charge on any atom is -0.480 e. The normalized spacial score (nSPS) is 12.7. The Bertz CT molecular complexity index is 3260. The smallest absolute Gasteiger partial charge is 0.431 e. The van der Waals surface area contributed by atoms with Crippen LogP contribution in [0, 0.1) is 0 Å². The van der Waals surface area contributed by atoms with Crippen LogP contribution in [0.1, 0.15) is 181 Å². The molecule has 0 spiro atoms. The molecule has 0 saturated heterocycles. The van der Waals surface area contributed by atoms with Gasteiger partial charge in [-0.25, -0.2) is 40.9 Å².